The average molecular weight is 429 g/mol. The maximum Gasteiger partial charge on any atom is 0.175 e. The van der Waals surface area contributed by atoms with Crippen LogP contribution < -0.4 is 14.8 Å². The second-order valence-corrected chi connectivity index (χ2v) is 6.77. The molecule has 0 saturated carbocycles. The first-order chi connectivity index (χ1) is 12.2. The highest BCUT2D eigenvalue weighted by Gasteiger charge is 2.12. The van der Waals surface area contributed by atoms with Crippen LogP contribution in [0, 0.1) is 0 Å². The van der Waals surface area contributed by atoms with Gasteiger partial charge in [0.25, 0.3) is 0 Å². The third-order valence-electron chi connectivity index (χ3n) is 3.65. The Labute approximate surface area is 162 Å². The highest BCUT2D eigenvalue weighted by molar-refractivity contribution is 9.10. The van der Waals surface area contributed by atoms with Crippen LogP contribution in [0.5, 0.6) is 11.5 Å². The van der Waals surface area contributed by atoms with E-state index in [0.717, 1.165) is 41.7 Å². The van der Waals surface area contributed by atoms with Crippen molar-refractivity contribution in [2.45, 2.75) is 19.6 Å². The third kappa shape index (κ3) is 6.19. The molecule has 2 aromatic carbocycles. The van der Waals surface area contributed by atoms with Crippen molar-refractivity contribution in [1.29, 1.82) is 0 Å². The molecular weight excluding hydrogens is 406 g/mol. The summed E-state index contributed by atoms with van der Waals surface area (Å²) >= 11 is 9.76. The summed E-state index contributed by atoms with van der Waals surface area (Å²) in [7, 11) is 3.35. The fraction of sp³-hybridized carbons (Fsp3) is 0.368. The Kier molecular flexibility index (Phi) is 8.55. The van der Waals surface area contributed by atoms with E-state index >= 15 is 0 Å². The Balaban J connectivity index is 2.02. The second kappa shape index (κ2) is 10.7. The fourth-order valence-electron chi connectivity index (χ4n) is 2.35. The van der Waals surface area contributed by atoms with Crippen LogP contribution >= 0.6 is 27.5 Å². The lowest BCUT2D eigenvalue weighted by Gasteiger charge is -2.15. The Morgan fingerprint density at radius 1 is 1.16 bits per heavy atom. The fourth-order valence-corrected chi connectivity index (χ4v) is 3.15. The minimum absolute atomic E-state index is 0.378. The molecule has 0 aromatic heterocycles. The zero-order chi connectivity index (χ0) is 18.1. The Morgan fingerprint density at radius 2 is 1.96 bits per heavy atom. The van der Waals surface area contributed by atoms with Gasteiger partial charge in [-0.1, -0.05) is 29.8 Å². The molecule has 0 aliphatic rings. The van der Waals surface area contributed by atoms with Crippen molar-refractivity contribution in [3.05, 3.63) is 57.0 Å². The van der Waals surface area contributed by atoms with Gasteiger partial charge in [0.2, 0.25) is 0 Å². The summed E-state index contributed by atoms with van der Waals surface area (Å²) in [4.78, 5) is 0. The van der Waals surface area contributed by atoms with Crippen LogP contribution in [-0.4, -0.2) is 27.4 Å². The molecule has 0 atom stereocenters. The number of halogens is 2. The molecule has 2 aromatic rings. The van der Waals surface area contributed by atoms with E-state index in [1.165, 1.54) is 0 Å². The second-order valence-electron chi connectivity index (χ2n) is 5.51. The predicted octanol–water partition coefficient (Wildman–Crippen LogP) is 4.82. The normalized spacial score (nSPS) is 10.7. The van der Waals surface area contributed by atoms with E-state index in [1.54, 1.807) is 14.2 Å². The summed E-state index contributed by atoms with van der Waals surface area (Å²) in [6, 6.07) is 11.7. The first-order valence-corrected chi connectivity index (χ1v) is 9.25. The molecule has 25 heavy (non-hydrogen) atoms. The predicted molar refractivity (Wildman–Crippen MR) is 105 cm³/mol. The number of hydrogen-bond donors (Lipinski definition) is 1. The van der Waals surface area contributed by atoms with Crippen molar-refractivity contribution < 1.29 is 14.2 Å². The molecule has 0 aliphatic carbocycles. The zero-order valence-electron chi connectivity index (χ0n) is 14.5. The molecule has 0 unspecified atom stereocenters. The van der Waals surface area contributed by atoms with Crippen molar-refractivity contribution in [3.8, 4) is 11.5 Å². The molecule has 0 saturated heterocycles. The van der Waals surface area contributed by atoms with Gasteiger partial charge in [0.1, 0.15) is 6.61 Å². The number of benzene rings is 2. The van der Waals surface area contributed by atoms with Gasteiger partial charge in [-0.05, 0) is 52.7 Å². The summed E-state index contributed by atoms with van der Waals surface area (Å²) in [5, 5.41) is 4.07. The molecule has 0 amide bonds. The minimum atomic E-state index is 0.378. The van der Waals surface area contributed by atoms with Crippen LogP contribution in [0.25, 0.3) is 0 Å². The largest absolute Gasteiger partial charge is 0.493 e. The molecular formula is C19H23BrClNO3. The molecule has 136 valence electrons. The quantitative estimate of drug-likeness (QED) is 0.551. The molecule has 6 heteroatoms. The van der Waals surface area contributed by atoms with E-state index in [1.807, 2.05) is 36.4 Å². The van der Waals surface area contributed by atoms with E-state index in [0.29, 0.717) is 23.1 Å². The summed E-state index contributed by atoms with van der Waals surface area (Å²) in [6.45, 7) is 2.79. The van der Waals surface area contributed by atoms with Crippen molar-refractivity contribution in [3.63, 3.8) is 0 Å². The number of ether oxygens (including phenoxy) is 3. The van der Waals surface area contributed by atoms with Crippen LogP contribution in [0.15, 0.2) is 40.9 Å². The van der Waals surface area contributed by atoms with E-state index < -0.39 is 0 Å². The molecule has 0 bridgehead atoms. The first-order valence-electron chi connectivity index (χ1n) is 8.08. The summed E-state index contributed by atoms with van der Waals surface area (Å²) in [6.07, 6.45) is 0.980. The van der Waals surface area contributed by atoms with Gasteiger partial charge in [-0.15, -0.1) is 0 Å². The Morgan fingerprint density at radius 3 is 2.68 bits per heavy atom. The van der Waals surface area contributed by atoms with Gasteiger partial charge in [0, 0.05) is 30.8 Å². The summed E-state index contributed by atoms with van der Waals surface area (Å²) < 4.78 is 17.3. The van der Waals surface area contributed by atoms with Crippen molar-refractivity contribution in [2.75, 3.05) is 27.4 Å². The molecule has 0 radical (unpaired) electrons. The third-order valence-corrected chi connectivity index (χ3v) is 4.61. The van der Waals surface area contributed by atoms with Gasteiger partial charge >= 0.3 is 0 Å². The molecule has 4 nitrogen and oxygen atoms in total. The highest BCUT2D eigenvalue weighted by Crippen LogP contribution is 2.37. The lowest BCUT2D eigenvalue weighted by molar-refractivity contribution is 0.194. The highest BCUT2D eigenvalue weighted by atomic mass is 79.9. The van der Waals surface area contributed by atoms with Crippen molar-refractivity contribution in [2.24, 2.45) is 0 Å². The lowest BCUT2D eigenvalue weighted by Crippen LogP contribution is -2.16. The Hall–Kier alpha value is -1.27. The van der Waals surface area contributed by atoms with Gasteiger partial charge in [-0.25, -0.2) is 0 Å². The van der Waals surface area contributed by atoms with Gasteiger partial charge in [-0.3, -0.25) is 0 Å². The van der Waals surface area contributed by atoms with E-state index in [9.17, 15) is 0 Å². The molecule has 0 heterocycles. The van der Waals surface area contributed by atoms with Gasteiger partial charge < -0.3 is 19.5 Å². The zero-order valence-corrected chi connectivity index (χ0v) is 16.8. The van der Waals surface area contributed by atoms with Crippen molar-refractivity contribution >= 4 is 27.5 Å². The molecule has 1 N–H and O–H groups in total. The number of methoxy groups -OCH3 is 2. The minimum Gasteiger partial charge on any atom is -0.493 e. The van der Waals surface area contributed by atoms with Crippen molar-refractivity contribution in [1.82, 2.24) is 5.32 Å². The number of rotatable bonds is 10. The smallest absolute Gasteiger partial charge is 0.175 e. The maximum absolute atomic E-state index is 6.18. The van der Waals surface area contributed by atoms with Gasteiger partial charge in [-0.2, -0.15) is 0 Å². The van der Waals surface area contributed by atoms with E-state index in [4.69, 9.17) is 25.8 Å². The van der Waals surface area contributed by atoms with Gasteiger partial charge in [0.15, 0.2) is 11.5 Å². The maximum atomic E-state index is 6.18. The molecule has 0 spiro atoms. The van der Waals surface area contributed by atoms with E-state index in [-0.39, 0.29) is 0 Å². The molecule has 0 fully saturated rings. The first kappa shape index (κ1) is 20.0. The average Bonchev–Trinajstić information content (AvgIpc) is 2.61. The SMILES string of the molecule is COCCCNCc1cc(Br)c(OCc2ccccc2Cl)c(OC)c1. The summed E-state index contributed by atoms with van der Waals surface area (Å²) in [5.74, 6) is 1.36. The van der Waals surface area contributed by atoms with Crippen LogP contribution in [0.1, 0.15) is 17.5 Å². The van der Waals surface area contributed by atoms with Gasteiger partial charge in [0.05, 0.1) is 11.6 Å². The van der Waals surface area contributed by atoms with Crippen LogP contribution in [0.4, 0.5) is 0 Å². The standard InChI is InChI=1S/C19H23BrClNO3/c1-23-9-5-8-22-12-14-10-16(20)19(18(11-14)24-2)25-13-15-6-3-4-7-17(15)21/h3-4,6-7,10-11,22H,5,8-9,12-13H2,1-2H3. The monoisotopic (exact) mass is 427 g/mol. The molecule has 2 rings (SSSR count). The molecule has 0 aliphatic heterocycles. The van der Waals surface area contributed by atoms with Crippen LogP contribution in [0.2, 0.25) is 5.02 Å². The number of nitrogens with one attached hydrogen (secondary N) is 1. The van der Waals surface area contributed by atoms with Crippen LogP contribution in [0.3, 0.4) is 0 Å². The Bertz CT molecular complexity index is 682. The summed E-state index contributed by atoms with van der Waals surface area (Å²) in [5.41, 5.74) is 2.05. The number of hydrogen-bond acceptors (Lipinski definition) is 4. The lowest BCUT2D eigenvalue weighted by atomic mass is 10.2. The van der Waals surface area contributed by atoms with Crippen LogP contribution in [-0.2, 0) is 17.9 Å². The topological polar surface area (TPSA) is 39.7 Å². The van der Waals surface area contributed by atoms with E-state index in [2.05, 4.69) is 21.2 Å².